The van der Waals surface area contributed by atoms with Gasteiger partial charge in [0.05, 0.1) is 0 Å². The van der Waals surface area contributed by atoms with E-state index in [4.69, 9.17) is 5.21 Å². The SMILES string of the molecule is O=C(Nc1ccc2[nH]c(C(=O)NO)cc2c1)c1ccccn1. The minimum atomic E-state index is -0.629. The summed E-state index contributed by atoms with van der Waals surface area (Å²) in [7, 11) is 0. The smallest absolute Gasteiger partial charge is 0.291 e. The lowest BCUT2D eigenvalue weighted by Gasteiger charge is -2.04. The summed E-state index contributed by atoms with van der Waals surface area (Å²) in [4.78, 5) is 30.2. The molecular weight excluding hydrogens is 284 g/mol. The Morgan fingerprint density at radius 3 is 2.68 bits per heavy atom. The van der Waals surface area contributed by atoms with Crippen molar-refractivity contribution in [3.8, 4) is 0 Å². The number of hydroxylamine groups is 1. The third-order valence-electron chi connectivity index (χ3n) is 3.12. The minimum absolute atomic E-state index is 0.228. The van der Waals surface area contributed by atoms with Crippen LogP contribution in [0.25, 0.3) is 10.9 Å². The van der Waals surface area contributed by atoms with E-state index in [2.05, 4.69) is 15.3 Å². The van der Waals surface area contributed by atoms with Crippen LogP contribution in [-0.4, -0.2) is 27.0 Å². The Hall–Kier alpha value is -3.19. The first-order valence-electron chi connectivity index (χ1n) is 6.47. The molecule has 0 unspecified atom stereocenters. The quantitative estimate of drug-likeness (QED) is 0.437. The number of H-pyrrole nitrogens is 1. The number of anilines is 1. The maximum atomic E-state index is 12.0. The molecule has 2 heterocycles. The Morgan fingerprint density at radius 1 is 1.09 bits per heavy atom. The number of hydrogen-bond donors (Lipinski definition) is 4. The average Bonchev–Trinajstić information content (AvgIpc) is 2.98. The molecule has 0 aliphatic rings. The molecule has 22 heavy (non-hydrogen) atoms. The van der Waals surface area contributed by atoms with Gasteiger partial charge in [-0.1, -0.05) is 6.07 Å². The van der Waals surface area contributed by atoms with Crippen molar-refractivity contribution in [3.05, 3.63) is 60.0 Å². The molecule has 0 spiro atoms. The van der Waals surface area contributed by atoms with E-state index in [-0.39, 0.29) is 11.6 Å². The largest absolute Gasteiger partial charge is 0.350 e. The minimum Gasteiger partial charge on any atom is -0.350 e. The van der Waals surface area contributed by atoms with Crippen LogP contribution in [0.5, 0.6) is 0 Å². The summed E-state index contributed by atoms with van der Waals surface area (Å²) in [5, 5.41) is 12.1. The molecule has 0 saturated heterocycles. The van der Waals surface area contributed by atoms with Crippen LogP contribution in [0.3, 0.4) is 0 Å². The van der Waals surface area contributed by atoms with Crippen LogP contribution in [0.2, 0.25) is 0 Å². The van der Waals surface area contributed by atoms with Crippen LogP contribution in [0.4, 0.5) is 5.69 Å². The summed E-state index contributed by atoms with van der Waals surface area (Å²) in [5.74, 6) is -0.945. The number of benzene rings is 1. The molecule has 0 saturated carbocycles. The number of carbonyl (C=O) groups is 2. The molecule has 0 atom stereocenters. The van der Waals surface area contributed by atoms with Crippen molar-refractivity contribution in [3.63, 3.8) is 0 Å². The molecule has 2 amide bonds. The van der Waals surface area contributed by atoms with E-state index in [1.54, 1.807) is 54.1 Å². The zero-order valence-corrected chi connectivity index (χ0v) is 11.3. The number of hydrogen-bond acceptors (Lipinski definition) is 4. The van der Waals surface area contributed by atoms with Gasteiger partial charge in [0.1, 0.15) is 11.4 Å². The van der Waals surface area contributed by atoms with Gasteiger partial charge >= 0.3 is 0 Å². The number of aromatic nitrogens is 2. The Morgan fingerprint density at radius 2 is 1.95 bits per heavy atom. The van der Waals surface area contributed by atoms with Crippen LogP contribution in [-0.2, 0) is 0 Å². The molecule has 0 fully saturated rings. The predicted octanol–water partition coefficient (Wildman–Crippen LogP) is 1.93. The highest BCUT2D eigenvalue weighted by atomic mass is 16.5. The Kier molecular flexibility index (Phi) is 3.55. The fourth-order valence-corrected chi connectivity index (χ4v) is 2.09. The Bertz CT molecular complexity index is 842. The molecule has 1 aromatic carbocycles. The van der Waals surface area contributed by atoms with Gasteiger partial charge in [0.2, 0.25) is 0 Å². The third-order valence-corrected chi connectivity index (χ3v) is 3.12. The predicted molar refractivity (Wildman–Crippen MR) is 79.7 cm³/mol. The van der Waals surface area contributed by atoms with E-state index in [1.165, 1.54) is 0 Å². The van der Waals surface area contributed by atoms with Gasteiger partial charge in [-0.15, -0.1) is 0 Å². The molecule has 3 aromatic rings. The van der Waals surface area contributed by atoms with Crippen LogP contribution in [0.1, 0.15) is 21.0 Å². The zero-order chi connectivity index (χ0) is 15.5. The molecule has 0 bridgehead atoms. The fourth-order valence-electron chi connectivity index (χ4n) is 2.09. The molecule has 0 aliphatic heterocycles. The second kappa shape index (κ2) is 5.66. The van der Waals surface area contributed by atoms with E-state index in [0.29, 0.717) is 11.4 Å². The van der Waals surface area contributed by atoms with E-state index in [1.807, 2.05) is 0 Å². The molecule has 4 N–H and O–H groups in total. The van der Waals surface area contributed by atoms with Gasteiger partial charge in [-0.2, -0.15) is 0 Å². The third kappa shape index (κ3) is 2.65. The lowest BCUT2D eigenvalue weighted by Crippen LogP contribution is -2.18. The van der Waals surface area contributed by atoms with Crippen LogP contribution < -0.4 is 10.8 Å². The molecule has 3 rings (SSSR count). The first kappa shape index (κ1) is 13.8. The lowest BCUT2D eigenvalue weighted by atomic mass is 10.2. The number of aromatic amines is 1. The summed E-state index contributed by atoms with van der Waals surface area (Å²) in [6.45, 7) is 0. The van der Waals surface area contributed by atoms with Crippen LogP contribution >= 0.6 is 0 Å². The van der Waals surface area contributed by atoms with Gasteiger partial charge in [0.15, 0.2) is 0 Å². The number of pyridine rings is 1. The molecule has 2 aromatic heterocycles. The Labute approximate surface area is 124 Å². The van der Waals surface area contributed by atoms with E-state index in [0.717, 1.165) is 10.9 Å². The van der Waals surface area contributed by atoms with Crippen molar-refractivity contribution in [2.24, 2.45) is 0 Å². The van der Waals surface area contributed by atoms with Gasteiger partial charge in [0.25, 0.3) is 11.8 Å². The van der Waals surface area contributed by atoms with Gasteiger partial charge < -0.3 is 10.3 Å². The van der Waals surface area contributed by atoms with Crippen molar-refractivity contribution in [1.29, 1.82) is 0 Å². The number of fused-ring (bicyclic) bond motifs is 1. The second-order valence-corrected chi connectivity index (χ2v) is 4.60. The number of amides is 2. The van der Waals surface area contributed by atoms with Gasteiger partial charge in [-0.05, 0) is 36.4 Å². The highest BCUT2D eigenvalue weighted by molar-refractivity contribution is 6.04. The topological polar surface area (TPSA) is 107 Å². The maximum absolute atomic E-state index is 12.0. The first-order chi connectivity index (χ1) is 10.7. The molecule has 110 valence electrons. The Balaban J connectivity index is 1.86. The van der Waals surface area contributed by atoms with Gasteiger partial charge in [0, 0.05) is 22.8 Å². The number of nitrogens with zero attached hydrogens (tertiary/aromatic N) is 1. The van der Waals surface area contributed by atoms with Crippen molar-refractivity contribution in [1.82, 2.24) is 15.4 Å². The normalized spacial score (nSPS) is 10.4. The highest BCUT2D eigenvalue weighted by Crippen LogP contribution is 2.20. The van der Waals surface area contributed by atoms with Gasteiger partial charge in [-0.25, -0.2) is 5.48 Å². The summed E-state index contributed by atoms with van der Waals surface area (Å²) in [6.07, 6.45) is 1.55. The zero-order valence-electron chi connectivity index (χ0n) is 11.3. The monoisotopic (exact) mass is 296 g/mol. The summed E-state index contributed by atoms with van der Waals surface area (Å²) >= 11 is 0. The van der Waals surface area contributed by atoms with E-state index >= 15 is 0 Å². The lowest BCUT2D eigenvalue weighted by molar-refractivity contribution is 0.0701. The number of rotatable bonds is 3. The average molecular weight is 296 g/mol. The fraction of sp³-hybridized carbons (Fsp3) is 0. The highest BCUT2D eigenvalue weighted by Gasteiger charge is 2.10. The summed E-state index contributed by atoms with van der Waals surface area (Å²) in [6, 6.07) is 11.8. The molecule has 0 radical (unpaired) electrons. The van der Waals surface area contributed by atoms with Crippen molar-refractivity contribution < 1.29 is 14.8 Å². The summed E-state index contributed by atoms with van der Waals surface area (Å²) in [5.41, 5.74) is 3.41. The summed E-state index contributed by atoms with van der Waals surface area (Å²) < 4.78 is 0. The number of nitrogens with one attached hydrogen (secondary N) is 3. The van der Waals surface area contributed by atoms with Gasteiger partial charge in [-0.3, -0.25) is 19.8 Å². The molecule has 7 nitrogen and oxygen atoms in total. The molecule has 7 heteroatoms. The molecular formula is C15H12N4O3. The second-order valence-electron chi connectivity index (χ2n) is 4.60. The van der Waals surface area contributed by atoms with Crippen molar-refractivity contribution >= 4 is 28.4 Å². The first-order valence-corrected chi connectivity index (χ1v) is 6.47. The van der Waals surface area contributed by atoms with E-state index < -0.39 is 5.91 Å². The van der Waals surface area contributed by atoms with Crippen molar-refractivity contribution in [2.75, 3.05) is 5.32 Å². The maximum Gasteiger partial charge on any atom is 0.291 e. The van der Waals surface area contributed by atoms with Crippen LogP contribution in [0, 0.1) is 0 Å². The standard InChI is InChI=1S/C15H12N4O3/c20-14(12-3-1-2-6-16-12)17-10-4-5-11-9(7-10)8-13(18-11)15(21)19-22/h1-8,18,22H,(H,17,20)(H,19,21). The van der Waals surface area contributed by atoms with E-state index in [9.17, 15) is 9.59 Å². The van der Waals surface area contributed by atoms with Crippen LogP contribution in [0.15, 0.2) is 48.7 Å². The molecule has 0 aliphatic carbocycles. The van der Waals surface area contributed by atoms with Crippen molar-refractivity contribution in [2.45, 2.75) is 0 Å². The number of carbonyl (C=O) groups excluding carboxylic acids is 2.